The summed E-state index contributed by atoms with van der Waals surface area (Å²) in [7, 11) is 1.27. The number of ether oxygens (including phenoxy) is 2. The molecule has 3 aromatic rings. The monoisotopic (exact) mass is 623 g/mol. The SMILES string of the molecule is C.CCNc1nc(Nc2cc(C#N)cc(N3CC[C@@H](NC(=O)OC)[C@H](OC(=O)[C@@H]4CCCN4)C3)c2Cl)nn2c(C#N)cnc12. The number of benzene rings is 1. The number of carbonyl (C=O) groups is 2. The van der Waals surface area contributed by atoms with Crippen LogP contribution in [0.4, 0.5) is 27.9 Å². The van der Waals surface area contributed by atoms with Gasteiger partial charge in [-0.15, -0.1) is 5.10 Å². The first kappa shape index (κ1) is 32.1. The van der Waals surface area contributed by atoms with E-state index in [-0.39, 0.29) is 36.6 Å². The molecule has 16 heteroatoms. The number of alkyl carbamates (subject to hydrolysis) is 1. The average Bonchev–Trinajstić information content (AvgIpc) is 3.70. The maximum absolute atomic E-state index is 12.9. The molecule has 0 radical (unpaired) electrons. The van der Waals surface area contributed by atoms with Gasteiger partial charge < -0.3 is 35.6 Å². The molecule has 0 unspecified atom stereocenters. The van der Waals surface area contributed by atoms with Crippen molar-refractivity contribution in [3.05, 3.63) is 34.6 Å². The van der Waals surface area contributed by atoms with Gasteiger partial charge in [0.05, 0.1) is 53.9 Å². The summed E-state index contributed by atoms with van der Waals surface area (Å²) in [5.41, 5.74) is 1.80. The smallest absolute Gasteiger partial charge is 0.407 e. The number of hydrogen-bond donors (Lipinski definition) is 4. The molecule has 4 N–H and O–H groups in total. The van der Waals surface area contributed by atoms with E-state index in [9.17, 15) is 20.1 Å². The minimum atomic E-state index is -0.708. The number of fused-ring (bicyclic) bond motifs is 1. The second-order valence-corrected chi connectivity index (χ2v) is 10.4. The number of nitrogens with zero attached hydrogens (tertiary/aromatic N) is 7. The van der Waals surface area contributed by atoms with E-state index in [2.05, 4.69) is 48.5 Å². The first-order valence-electron chi connectivity index (χ1n) is 13.8. The molecule has 2 aliphatic rings. The number of imidazole rings is 1. The van der Waals surface area contributed by atoms with Crippen LogP contribution in [0.2, 0.25) is 5.02 Å². The van der Waals surface area contributed by atoms with Crippen molar-refractivity contribution in [2.45, 2.75) is 51.8 Å². The molecule has 2 aromatic heterocycles. The van der Waals surface area contributed by atoms with E-state index in [0.717, 1.165) is 13.0 Å². The van der Waals surface area contributed by atoms with Crippen molar-refractivity contribution in [3.63, 3.8) is 0 Å². The molecule has 0 spiro atoms. The summed E-state index contributed by atoms with van der Waals surface area (Å²) in [6.45, 7) is 3.83. The van der Waals surface area contributed by atoms with Crippen LogP contribution < -0.4 is 26.2 Å². The minimum Gasteiger partial charge on any atom is -0.457 e. The quantitative estimate of drug-likeness (QED) is 0.268. The van der Waals surface area contributed by atoms with Crippen molar-refractivity contribution in [2.24, 2.45) is 0 Å². The van der Waals surface area contributed by atoms with Crippen molar-refractivity contribution in [1.82, 2.24) is 30.2 Å². The van der Waals surface area contributed by atoms with Crippen LogP contribution in [-0.2, 0) is 14.3 Å². The number of piperidine rings is 1. The number of carbonyl (C=O) groups excluding carboxylic acids is 2. The normalized spacial score (nSPS) is 19.3. The summed E-state index contributed by atoms with van der Waals surface area (Å²) in [4.78, 5) is 35.6. The van der Waals surface area contributed by atoms with Gasteiger partial charge in [-0.25, -0.2) is 9.78 Å². The molecule has 0 aliphatic carbocycles. The van der Waals surface area contributed by atoms with Crippen LogP contribution in [0.15, 0.2) is 18.3 Å². The maximum Gasteiger partial charge on any atom is 0.407 e. The molecular weight excluding hydrogens is 590 g/mol. The molecule has 2 saturated heterocycles. The molecule has 0 bridgehead atoms. The van der Waals surface area contributed by atoms with Gasteiger partial charge in [0.15, 0.2) is 17.2 Å². The summed E-state index contributed by atoms with van der Waals surface area (Å²) in [5, 5.41) is 36.1. The van der Waals surface area contributed by atoms with E-state index in [1.54, 1.807) is 12.1 Å². The van der Waals surface area contributed by atoms with Gasteiger partial charge in [-0.2, -0.15) is 20.0 Å². The van der Waals surface area contributed by atoms with Crippen molar-refractivity contribution in [3.8, 4) is 12.1 Å². The lowest BCUT2D eigenvalue weighted by Crippen LogP contribution is -2.56. The molecule has 1 amide bonds. The van der Waals surface area contributed by atoms with Gasteiger partial charge in [-0.05, 0) is 44.9 Å². The third-order valence-electron chi connectivity index (χ3n) is 7.25. The van der Waals surface area contributed by atoms with Gasteiger partial charge in [-0.1, -0.05) is 19.0 Å². The molecule has 44 heavy (non-hydrogen) atoms. The number of amides is 1. The number of nitrogens with one attached hydrogen (secondary N) is 4. The Kier molecular flexibility index (Phi) is 10.3. The fourth-order valence-electron chi connectivity index (χ4n) is 5.16. The summed E-state index contributed by atoms with van der Waals surface area (Å²) < 4.78 is 12.0. The predicted molar refractivity (Wildman–Crippen MR) is 163 cm³/mol. The summed E-state index contributed by atoms with van der Waals surface area (Å²) in [6.07, 6.45) is 2.04. The molecule has 15 nitrogen and oxygen atoms in total. The lowest BCUT2D eigenvalue weighted by atomic mass is 10.00. The molecule has 1 aromatic carbocycles. The molecule has 5 rings (SSSR count). The number of esters is 1. The minimum absolute atomic E-state index is 0. The van der Waals surface area contributed by atoms with Crippen molar-refractivity contribution < 1.29 is 19.1 Å². The highest BCUT2D eigenvalue weighted by molar-refractivity contribution is 6.36. The Labute approximate surface area is 259 Å². The van der Waals surface area contributed by atoms with Crippen LogP contribution in [0.1, 0.15) is 44.9 Å². The molecule has 232 valence electrons. The Hall–Kier alpha value is -4.86. The van der Waals surface area contributed by atoms with Gasteiger partial charge in [-0.3, -0.25) is 4.79 Å². The Morgan fingerprint density at radius 1 is 1.25 bits per heavy atom. The van der Waals surface area contributed by atoms with Crippen molar-refractivity contribution in [1.29, 1.82) is 10.5 Å². The fourth-order valence-corrected chi connectivity index (χ4v) is 5.43. The molecule has 2 aliphatic heterocycles. The van der Waals surface area contributed by atoms with E-state index in [4.69, 9.17) is 21.1 Å². The number of rotatable bonds is 8. The van der Waals surface area contributed by atoms with Gasteiger partial charge in [0.1, 0.15) is 18.2 Å². The molecule has 4 heterocycles. The van der Waals surface area contributed by atoms with Gasteiger partial charge in [0.2, 0.25) is 5.95 Å². The first-order valence-corrected chi connectivity index (χ1v) is 14.2. The number of nitriles is 2. The topological polar surface area (TPSA) is 195 Å². The second-order valence-electron chi connectivity index (χ2n) is 10.0. The Bertz CT molecular complexity index is 1610. The predicted octanol–water partition coefficient (Wildman–Crippen LogP) is 2.93. The summed E-state index contributed by atoms with van der Waals surface area (Å²) in [6, 6.07) is 6.53. The largest absolute Gasteiger partial charge is 0.457 e. The van der Waals surface area contributed by atoms with Crippen LogP contribution >= 0.6 is 11.6 Å². The number of methoxy groups -OCH3 is 1. The molecule has 3 atom stereocenters. The Morgan fingerprint density at radius 3 is 2.75 bits per heavy atom. The van der Waals surface area contributed by atoms with Crippen molar-refractivity contribution in [2.75, 3.05) is 48.8 Å². The maximum atomic E-state index is 12.9. The van der Waals surface area contributed by atoms with E-state index >= 15 is 0 Å². The highest BCUT2D eigenvalue weighted by Gasteiger charge is 2.36. The highest BCUT2D eigenvalue weighted by atomic mass is 35.5. The second kappa shape index (κ2) is 14.1. The van der Waals surface area contributed by atoms with Crippen LogP contribution in [0.3, 0.4) is 0 Å². The fraction of sp³-hybridized carbons (Fsp3) is 0.464. The van der Waals surface area contributed by atoms with E-state index < -0.39 is 24.3 Å². The summed E-state index contributed by atoms with van der Waals surface area (Å²) >= 11 is 6.91. The molecular formula is C28H34ClN11O4. The van der Waals surface area contributed by atoms with E-state index in [0.29, 0.717) is 54.3 Å². The highest BCUT2D eigenvalue weighted by Crippen LogP contribution is 2.37. The third kappa shape index (κ3) is 6.69. The molecule has 2 fully saturated rings. The Balaban J connectivity index is 0.00000442. The third-order valence-corrected chi connectivity index (χ3v) is 7.65. The lowest BCUT2D eigenvalue weighted by Gasteiger charge is -2.40. The first-order chi connectivity index (χ1) is 20.8. The van der Waals surface area contributed by atoms with E-state index in [1.165, 1.54) is 17.8 Å². The zero-order chi connectivity index (χ0) is 30.5. The zero-order valence-electron chi connectivity index (χ0n) is 23.6. The number of halogens is 1. The lowest BCUT2D eigenvalue weighted by molar-refractivity contribution is -0.152. The van der Waals surface area contributed by atoms with Crippen LogP contribution in [0.5, 0.6) is 0 Å². The average molecular weight is 624 g/mol. The van der Waals surface area contributed by atoms with E-state index in [1.807, 2.05) is 11.8 Å². The number of hydrogen-bond acceptors (Lipinski definition) is 13. The number of anilines is 4. The van der Waals surface area contributed by atoms with Gasteiger partial charge in [0, 0.05) is 13.1 Å². The summed E-state index contributed by atoms with van der Waals surface area (Å²) in [5.74, 6) is 0.147. The van der Waals surface area contributed by atoms with Crippen molar-refractivity contribution >= 4 is 52.5 Å². The van der Waals surface area contributed by atoms with Gasteiger partial charge in [0.25, 0.3) is 0 Å². The van der Waals surface area contributed by atoms with Crippen LogP contribution in [0, 0.1) is 22.7 Å². The molecule has 0 saturated carbocycles. The Morgan fingerprint density at radius 2 is 2.07 bits per heavy atom. The van der Waals surface area contributed by atoms with Crippen LogP contribution in [0.25, 0.3) is 5.65 Å². The number of aromatic nitrogens is 4. The zero-order valence-corrected chi connectivity index (χ0v) is 24.3. The van der Waals surface area contributed by atoms with Crippen LogP contribution in [-0.4, -0.2) is 83.1 Å². The standard InChI is InChI=1S/C27H30ClN11O4.CH4/c1-3-31-23-24-33-13-16(12-30)39(24)37-26(36-23)34-19-9-15(11-29)10-20(22(19)28)38-8-6-17(35-27(41)42-2)21(14-38)43-25(40)18-5-4-7-32-18;/h9-10,13,17-18,21,32H,3-8,14H2,1-2H3,(H,35,41)(H2,31,34,36,37);1H4/t17-,18+,21-;/m1./s1. The van der Waals surface area contributed by atoms with Gasteiger partial charge >= 0.3 is 12.1 Å².